The molecule has 3 heterocycles. The van der Waals surface area contributed by atoms with Crippen molar-refractivity contribution in [2.24, 2.45) is 0 Å². The third-order valence-corrected chi connectivity index (χ3v) is 4.88. The molecule has 0 atom stereocenters. The van der Waals surface area contributed by atoms with Gasteiger partial charge in [-0.15, -0.1) is 11.3 Å². The zero-order valence-corrected chi connectivity index (χ0v) is 14.8. The normalized spacial score (nSPS) is 15.4. The first-order valence-electron chi connectivity index (χ1n) is 7.71. The average Bonchev–Trinajstić information content (AvgIpc) is 3.14. The predicted molar refractivity (Wildman–Crippen MR) is 94.3 cm³/mol. The highest BCUT2D eigenvalue weighted by Crippen LogP contribution is 2.22. The van der Waals surface area contributed by atoms with E-state index in [9.17, 15) is 9.59 Å². The van der Waals surface area contributed by atoms with Gasteiger partial charge in [0.2, 0.25) is 5.91 Å². The summed E-state index contributed by atoms with van der Waals surface area (Å²) in [5.41, 5.74) is 0.697. The second kappa shape index (κ2) is 7.23. The lowest BCUT2D eigenvalue weighted by Gasteiger charge is -2.34. The Hall–Kier alpha value is -2.06. The van der Waals surface area contributed by atoms with E-state index in [2.05, 4.69) is 10.3 Å². The van der Waals surface area contributed by atoms with E-state index in [1.54, 1.807) is 15.9 Å². The topological polar surface area (TPSA) is 70.0 Å². The first-order chi connectivity index (χ1) is 11.6. The molecule has 9 heteroatoms. The quantitative estimate of drug-likeness (QED) is 0.843. The molecule has 1 N–H and O–H groups in total. The van der Waals surface area contributed by atoms with Gasteiger partial charge in [-0.2, -0.15) is 0 Å². The van der Waals surface area contributed by atoms with Crippen molar-refractivity contribution < 1.29 is 9.59 Å². The van der Waals surface area contributed by atoms with Gasteiger partial charge in [0.1, 0.15) is 0 Å². The molecule has 1 saturated heterocycles. The molecular weight excluding hydrogens is 350 g/mol. The van der Waals surface area contributed by atoms with E-state index in [1.807, 2.05) is 22.9 Å². The minimum atomic E-state index is -0.0909. The number of piperazine rings is 1. The fourth-order valence-electron chi connectivity index (χ4n) is 2.57. The summed E-state index contributed by atoms with van der Waals surface area (Å²) in [4.78, 5) is 32.6. The van der Waals surface area contributed by atoms with Crippen molar-refractivity contribution in [3.63, 3.8) is 0 Å². The fraction of sp³-hybridized carbons (Fsp3) is 0.400. The summed E-state index contributed by atoms with van der Waals surface area (Å²) in [6.45, 7) is 4.60. The van der Waals surface area contributed by atoms with Crippen molar-refractivity contribution in [1.29, 1.82) is 0 Å². The Morgan fingerprint density at radius 2 is 2.04 bits per heavy atom. The summed E-state index contributed by atoms with van der Waals surface area (Å²) >= 11 is 7.60. The van der Waals surface area contributed by atoms with Gasteiger partial charge in [0.05, 0.1) is 5.69 Å². The Balaban J connectivity index is 1.61. The smallest absolute Gasteiger partial charge is 0.317 e. The molecule has 3 amide bonds. The number of imidazole rings is 1. The third-order valence-electron chi connectivity index (χ3n) is 3.84. The number of amides is 3. The van der Waals surface area contributed by atoms with Crippen LogP contribution in [0.3, 0.4) is 0 Å². The molecule has 128 valence electrons. The van der Waals surface area contributed by atoms with E-state index < -0.39 is 0 Å². The summed E-state index contributed by atoms with van der Waals surface area (Å²) < 4.78 is 1.85. The molecule has 3 rings (SSSR count). The van der Waals surface area contributed by atoms with Gasteiger partial charge in [0.15, 0.2) is 10.1 Å². The van der Waals surface area contributed by atoms with Crippen LogP contribution in [0.15, 0.2) is 17.7 Å². The molecule has 0 aromatic carbocycles. The zero-order valence-electron chi connectivity index (χ0n) is 13.2. The van der Waals surface area contributed by atoms with Crippen molar-refractivity contribution >= 4 is 45.9 Å². The number of carbonyl (C=O) groups is 2. The minimum absolute atomic E-state index is 0.0777. The SMILES string of the molecule is CCNC(=O)N1CCN(C(=O)/C=C/c2c(Cl)nc3sccn23)CC1. The van der Waals surface area contributed by atoms with Gasteiger partial charge in [0.25, 0.3) is 0 Å². The second-order valence-corrected chi connectivity index (χ2v) is 6.56. The highest BCUT2D eigenvalue weighted by Gasteiger charge is 2.22. The Kier molecular flexibility index (Phi) is 5.06. The lowest BCUT2D eigenvalue weighted by molar-refractivity contribution is -0.127. The summed E-state index contributed by atoms with van der Waals surface area (Å²) in [5, 5.41) is 5.07. The molecule has 7 nitrogen and oxygen atoms in total. The van der Waals surface area contributed by atoms with Crippen LogP contribution in [-0.2, 0) is 4.79 Å². The lowest BCUT2D eigenvalue weighted by Crippen LogP contribution is -2.52. The van der Waals surface area contributed by atoms with Crippen molar-refractivity contribution in [3.05, 3.63) is 28.5 Å². The number of thiazole rings is 1. The van der Waals surface area contributed by atoms with Gasteiger partial charge in [-0.05, 0) is 13.0 Å². The number of hydrogen-bond donors (Lipinski definition) is 1. The second-order valence-electron chi connectivity index (χ2n) is 5.32. The van der Waals surface area contributed by atoms with Crippen LogP contribution in [-0.4, -0.2) is 63.8 Å². The maximum atomic E-state index is 12.3. The molecule has 2 aromatic heterocycles. The van der Waals surface area contributed by atoms with Crippen LogP contribution >= 0.6 is 22.9 Å². The molecule has 0 bridgehead atoms. The van der Waals surface area contributed by atoms with Gasteiger partial charge >= 0.3 is 6.03 Å². The van der Waals surface area contributed by atoms with Crippen LogP contribution in [0.25, 0.3) is 11.0 Å². The van der Waals surface area contributed by atoms with E-state index in [0.29, 0.717) is 43.6 Å². The van der Waals surface area contributed by atoms with Crippen molar-refractivity contribution in [3.8, 4) is 0 Å². The highest BCUT2D eigenvalue weighted by atomic mass is 35.5. The van der Waals surface area contributed by atoms with Crippen LogP contribution in [0.4, 0.5) is 4.79 Å². The third kappa shape index (κ3) is 3.39. The first kappa shape index (κ1) is 16.8. The van der Waals surface area contributed by atoms with Crippen LogP contribution in [0.1, 0.15) is 12.6 Å². The Morgan fingerprint density at radius 3 is 2.75 bits per heavy atom. The highest BCUT2D eigenvalue weighted by molar-refractivity contribution is 7.15. The van der Waals surface area contributed by atoms with Gasteiger partial charge in [-0.3, -0.25) is 9.20 Å². The number of nitrogens with zero attached hydrogens (tertiary/aromatic N) is 4. The molecule has 1 fully saturated rings. The summed E-state index contributed by atoms with van der Waals surface area (Å²) in [7, 11) is 0. The molecular formula is C15H18ClN5O2S. The summed E-state index contributed by atoms with van der Waals surface area (Å²) in [5.74, 6) is -0.0909. The first-order valence-corrected chi connectivity index (χ1v) is 8.96. The number of fused-ring (bicyclic) bond motifs is 1. The standard InChI is InChI=1S/C15H18ClN5O2S/c1-2-17-14(23)20-7-5-19(6-8-20)12(22)4-3-11-13(16)18-15-21(11)9-10-24-15/h3-4,9-10H,2,5-8H2,1H3,(H,17,23)/b4-3+. The van der Waals surface area contributed by atoms with Crippen molar-refractivity contribution in [2.45, 2.75) is 6.92 Å². The van der Waals surface area contributed by atoms with Gasteiger partial charge < -0.3 is 15.1 Å². The maximum absolute atomic E-state index is 12.3. The van der Waals surface area contributed by atoms with Crippen LogP contribution < -0.4 is 5.32 Å². The maximum Gasteiger partial charge on any atom is 0.317 e. The van der Waals surface area contributed by atoms with Gasteiger partial charge in [0, 0.05) is 50.4 Å². The predicted octanol–water partition coefficient (Wildman–Crippen LogP) is 1.94. The van der Waals surface area contributed by atoms with Crippen LogP contribution in [0, 0.1) is 0 Å². The van der Waals surface area contributed by atoms with E-state index in [1.165, 1.54) is 17.4 Å². The molecule has 0 aliphatic carbocycles. The van der Waals surface area contributed by atoms with Crippen molar-refractivity contribution in [2.75, 3.05) is 32.7 Å². The van der Waals surface area contributed by atoms with Gasteiger partial charge in [-0.25, -0.2) is 9.78 Å². The fourth-order valence-corrected chi connectivity index (χ4v) is 3.58. The monoisotopic (exact) mass is 367 g/mol. The minimum Gasteiger partial charge on any atom is -0.338 e. The number of urea groups is 1. The largest absolute Gasteiger partial charge is 0.338 e. The average molecular weight is 368 g/mol. The van der Waals surface area contributed by atoms with E-state index in [0.717, 1.165) is 4.96 Å². The van der Waals surface area contributed by atoms with E-state index in [4.69, 9.17) is 11.6 Å². The molecule has 1 aliphatic rings. The van der Waals surface area contributed by atoms with Crippen molar-refractivity contribution in [1.82, 2.24) is 24.5 Å². The molecule has 24 heavy (non-hydrogen) atoms. The Labute approximate surface area is 148 Å². The molecule has 0 radical (unpaired) electrons. The number of rotatable bonds is 3. The molecule has 1 aliphatic heterocycles. The van der Waals surface area contributed by atoms with E-state index >= 15 is 0 Å². The van der Waals surface area contributed by atoms with Crippen LogP contribution in [0.2, 0.25) is 5.15 Å². The number of carbonyl (C=O) groups excluding carboxylic acids is 2. The molecule has 0 spiro atoms. The number of aromatic nitrogens is 2. The zero-order chi connectivity index (χ0) is 17.1. The molecule has 2 aromatic rings. The summed E-state index contributed by atoms with van der Waals surface area (Å²) in [6.07, 6.45) is 5.07. The number of halogens is 1. The van der Waals surface area contributed by atoms with E-state index in [-0.39, 0.29) is 11.9 Å². The van der Waals surface area contributed by atoms with Crippen LogP contribution in [0.5, 0.6) is 0 Å². The Morgan fingerprint density at radius 1 is 1.33 bits per heavy atom. The lowest BCUT2D eigenvalue weighted by atomic mass is 10.3. The number of nitrogens with one attached hydrogen (secondary N) is 1. The Bertz CT molecular complexity index is 776. The summed E-state index contributed by atoms with van der Waals surface area (Å²) in [6, 6.07) is -0.0777. The molecule has 0 saturated carbocycles. The number of hydrogen-bond acceptors (Lipinski definition) is 4. The van der Waals surface area contributed by atoms with Gasteiger partial charge in [-0.1, -0.05) is 11.6 Å². The molecule has 0 unspecified atom stereocenters.